The highest BCUT2D eigenvalue weighted by atomic mass is 14.9. The third-order valence-corrected chi connectivity index (χ3v) is 4.13. The minimum Gasteiger partial charge on any atom is -0.328 e. The predicted octanol–water partition coefficient (Wildman–Crippen LogP) is 1.89. The molecule has 0 heterocycles. The molecule has 2 aliphatic carbocycles. The van der Waals surface area contributed by atoms with Gasteiger partial charge in [-0.05, 0) is 50.0 Å². The molecular weight excluding hydrogens is 172 g/mol. The first-order chi connectivity index (χ1) is 6.68. The zero-order valence-electron chi connectivity index (χ0n) is 9.39. The maximum absolute atomic E-state index is 5.89. The lowest BCUT2D eigenvalue weighted by molar-refractivity contribution is 0.154. The summed E-state index contributed by atoms with van der Waals surface area (Å²) in [7, 11) is 0. The molecular formula is C12H24N2. The van der Waals surface area contributed by atoms with Crippen LogP contribution in [-0.4, -0.2) is 19.1 Å². The van der Waals surface area contributed by atoms with E-state index in [-0.39, 0.29) is 0 Å². The van der Waals surface area contributed by atoms with Crippen LogP contribution in [0.2, 0.25) is 0 Å². The molecule has 0 aromatic heterocycles. The van der Waals surface area contributed by atoms with Gasteiger partial charge in [-0.25, -0.2) is 0 Å². The van der Waals surface area contributed by atoms with Gasteiger partial charge in [-0.15, -0.1) is 0 Å². The van der Waals surface area contributed by atoms with Gasteiger partial charge in [0, 0.05) is 12.6 Å². The zero-order chi connectivity index (χ0) is 10.0. The summed E-state index contributed by atoms with van der Waals surface area (Å²) in [6.07, 6.45) is 8.10. The third-order valence-electron chi connectivity index (χ3n) is 4.13. The first-order valence-corrected chi connectivity index (χ1v) is 6.14. The van der Waals surface area contributed by atoms with Crippen molar-refractivity contribution in [3.63, 3.8) is 0 Å². The number of hydrogen-bond acceptors (Lipinski definition) is 2. The van der Waals surface area contributed by atoms with E-state index in [1.807, 2.05) is 0 Å². The van der Waals surface area contributed by atoms with Crippen molar-refractivity contribution in [2.75, 3.05) is 13.1 Å². The van der Waals surface area contributed by atoms with Gasteiger partial charge in [-0.2, -0.15) is 0 Å². The zero-order valence-corrected chi connectivity index (χ0v) is 9.39. The van der Waals surface area contributed by atoms with E-state index in [1.165, 1.54) is 51.6 Å². The van der Waals surface area contributed by atoms with E-state index >= 15 is 0 Å². The molecule has 0 radical (unpaired) electrons. The lowest BCUT2D eigenvalue weighted by atomic mass is 9.70. The number of rotatable bonds is 4. The molecule has 0 aromatic rings. The molecule has 2 nitrogen and oxygen atoms in total. The molecule has 0 amide bonds. The molecule has 0 saturated heterocycles. The van der Waals surface area contributed by atoms with E-state index in [2.05, 4.69) is 12.2 Å². The summed E-state index contributed by atoms with van der Waals surface area (Å²) < 4.78 is 0. The SMILES string of the molecule is CC1(CNCC2CCC(N)C2)CCC1. The van der Waals surface area contributed by atoms with Crippen LogP contribution in [0.25, 0.3) is 0 Å². The van der Waals surface area contributed by atoms with E-state index in [0.29, 0.717) is 11.5 Å². The fourth-order valence-corrected chi connectivity index (χ4v) is 2.83. The van der Waals surface area contributed by atoms with E-state index in [1.54, 1.807) is 0 Å². The summed E-state index contributed by atoms with van der Waals surface area (Å²) in [4.78, 5) is 0. The van der Waals surface area contributed by atoms with Gasteiger partial charge in [0.25, 0.3) is 0 Å². The van der Waals surface area contributed by atoms with Gasteiger partial charge < -0.3 is 11.1 Å². The molecule has 2 saturated carbocycles. The molecule has 0 aliphatic heterocycles. The van der Waals surface area contributed by atoms with Gasteiger partial charge in [0.15, 0.2) is 0 Å². The van der Waals surface area contributed by atoms with Crippen LogP contribution in [0.1, 0.15) is 45.4 Å². The van der Waals surface area contributed by atoms with Crippen molar-refractivity contribution in [3.05, 3.63) is 0 Å². The highest BCUT2D eigenvalue weighted by molar-refractivity contribution is 4.86. The predicted molar refractivity (Wildman–Crippen MR) is 60.1 cm³/mol. The Bertz CT molecular complexity index is 187. The highest BCUT2D eigenvalue weighted by Gasteiger charge is 2.31. The normalized spacial score (nSPS) is 35.6. The van der Waals surface area contributed by atoms with Crippen molar-refractivity contribution >= 4 is 0 Å². The van der Waals surface area contributed by atoms with Crippen LogP contribution in [0, 0.1) is 11.3 Å². The van der Waals surface area contributed by atoms with Crippen molar-refractivity contribution < 1.29 is 0 Å². The summed E-state index contributed by atoms with van der Waals surface area (Å²) in [5.41, 5.74) is 6.52. The van der Waals surface area contributed by atoms with Crippen molar-refractivity contribution in [1.82, 2.24) is 5.32 Å². The molecule has 14 heavy (non-hydrogen) atoms. The number of nitrogens with two attached hydrogens (primary N) is 1. The maximum Gasteiger partial charge on any atom is 0.00420 e. The molecule has 3 N–H and O–H groups in total. The Balaban J connectivity index is 1.58. The largest absolute Gasteiger partial charge is 0.328 e. The standard InChI is InChI=1S/C12H24N2/c1-12(5-2-6-12)9-14-8-10-3-4-11(13)7-10/h10-11,14H,2-9,13H2,1H3. The summed E-state index contributed by atoms with van der Waals surface area (Å²) in [6, 6.07) is 0.487. The Hall–Kier alpha value is -0.0800. The average Bonchev–Trinajstić information content (AvgIpc) is 2.49. The molecule has 0 aromatic carbocycles. The molecule has 2 unspecified atom stereocenters. The van der Waals surface area contributed by atoms with Crippen molar-refractivity contribution in [2.45, 2.75) is 51.5 Å². The van der Waals surface area contributed by atoms with E-state index in [0.717, 1.165) is 5.92 Å². The topological polar surface area (TPSA) is 38.0 Å². The molecule has 2 rings (SSSR count). The van der Waals surface area contributed by atoms with Crippen molar-refractivity contribution in [3.8, 4) is 0 Å². The third kappa shape index (κ3) is 2.48. The molecule has 0 bridgehead atoms. The van der Waals surface area contributed by atoms with Crippen LogP contribution in [0.4, 0.5) is 0 Å². The fraction of sp³-hybridized carbons (Fsp3) is 1.00. The van der Waals surface area contributed by atoms with Gasteiger partial charge in [0.2, 0.25) is 0 Å². The lowest BCUT2D eigenvalue weighted by Gasteiger charge is -2.38. The minimum atomic E-state index is 0.487. The first kappa shape index (κ1) is 10.4. The number of hydrogen-bond donors (Lipinski definition) is 2. The summed E-state index contributed by atoms with van der Waals surface area (Å²) in [5.74, 6) is 0.855. The van der Waals surface area contributed by atoms with Crippen LogP contribution in [-0.2, 0) is 0 Å². The van der Waals surface area contributed by atoms with Crippen LogP contribution < -0.4 is 11.1 Å². The van der Waals surface area contributed by atoms with Crippen LogP contribution in [0.3, 0.4) is 0 Å². The summed E-state index contributed by atoms with van der Waals surface area (Å²) in [6.45, 7) is 4.83. The molecule has 82 valence electrons. The van der Waals surface area contributed by atoms with Crippen LogP contribution in [0.5, 0.6) is 0 Å². The van der Waals surface area contributed by atoms with Gasteiger partial charge in [-0.1, -0.05) is 13.3 Å². The molecule has 2 atom stereocenters. The minimum absolute atomic E-state index is 0.487. The molecule has 2 heteroatoms. The monoisotopic (exact) mass is 196 g/mol. The van der Waals surface area contributed by atoms with Crippen molar-refractivity contribution in [2.24, 2.45) is 17.1 Å². The first-order valence-electron chi connectivity index (χ1n) is 6.14. The summed E-state index contributed by atoms with van der Waals surface area (Å²) in [5, 5.41) is 3.63. The second-order valence-corrected chi connectivity index (χ2v) is 5.73. The second kappa shape index (κ2) is 4.19. The van der Waals surface area contributed by atoms with Crippen molar-refractivity contribution in [1.29, 1.82) is 0 Å². The molecule has 0 spiro atoms. The fourth-order valence-electron chi connectivity index (χ4n) is 2.83. The smallest absolute Gasteiger partial charge is 0.00420 e. The second-order valence-electron chi connectivity index (χ2n) is 5.73. The highest BCUT2D eigenvalue weighted by Crippen LogP contribution is 2.39. The Morgan fingerprint density at radius 2 is 2.14 bits per heavy atom. The van der Waals surface area contributed by atoms with Gasteiger partial charge in [0.05, 0.1) is 0 Å². The molecule has 2 fully saturated rings. The van der Waals surface area contributed by atoms with E-state index in [9.17, 15) is 0 Å². The Morgan fingerprint density at radius 1 is 1.36 bits per heavy atom. The van der Waals surface area contributed by atoms with Gasteiger partial charge in [0.1, 0.15) is 0 Å². The van der Waals surface area contributed by atoms with E-state index < -0.39 is 0 Å². The Labute approximate surface area is 87.6 Å². The quantitative estimate of drug-likeness (QED) is 0.720. The van der Waals surface area contributed by atoms with E-state index in [4.69, 9.17) is 5.73 Å². The lowest BCUT2D eigenvalue weighted by Crippen LogP contribution is -2.38. The Kier molecular flexibility index (Phi) is 3.13. The Morgan fingerprint density at radius 3 is 2.64 bits per heavy atom. The number of nitrogens with one attached hydrogen (secondary N) is 1. The van der Waals surface area contributed by atoms with Gasteiger partial charge >= 0.3 is 0 Å². The summed E-state index contributed by atoms with van der Waals surface area (Å²) >= 11 is 0. The molecule has 2 aliphatic rings. The van der Waals surface area contributed by atoms with Gasteiger partial charge in [-0.3, -0.25) is 0 Å². The average molecular weight is 196 g/mol. The van der Waals surface area contributed by atoms with Crippen LogP contribution in [0.15, 0.2) is 0 Å². The van der Waals surface area contributed by atoms with Crippen LogP contribution >= 0.6 is 0 Å². The maximum atomic E-state index is 5.89.